The molecule has 0 radical (unpaired) electrons. The molecular formula is C15H10F2N2O. The van der Waals surface area contributed by atoms with E-state index in [0.717, 1.165) is 11.1 Å². The Morgan fingerprint density at radius 3 is 2.25 bits per heavy atom. The fourth-order valence-corrected chi connectivity index (χ4v) is 1.95. The van der Waals surface area contributed by atoms with Crippen LogP contribution in [0.5, 0.6) is 0 Å². The first-order valence-corrected chi connectivity index (χ1v) is 5.91. The van der Waals surface area contributed by atoms with Crippen molar-refractivity contribution >= 4 is 5.82 Å². The Labute approximate surface area is 113 Å². The van der Waals surface area contributed by atoms with Crippen molar-refractivity contribution < 1.29 is 13.3 Å². The van der Waals surface area contributed by atoms with Crippen molar-refractivity contribution in [3.8, 4) is 22.5 Å². The smallest absolute Gasteiger partial charge is 0.172 e. The van der Waals surface area contributed by atoms with Crippen LogP contribution in [0.2, 0.25) is 0 Å². The van der Waals surface area contributed by atoms with E-state index in [1.807, 2.05) is 0 Å². The van der Waals surface area contributed by atoms with E-state index in [4.69, 9.17) is 10.3 Å². The van der Waals surface area contributed by atoms with Crippen LogP contribution in [0.1, 0.15) is 0 Å². The molecule has 0 fully saturated rings. The molecule has 0 bridgehead atoms. The summed E-state index contributed by atoms with van der Waals surface area (Å²) in [5, 5.41) is 3.53. The third kappa shape index (κ3) is 2.25. The molecule has 0 aliphatic rings. The molecule has 3 rings (SSSR count). The predicted octanol–water partition coefficient (Wildman–Crippen LogP) is 3.87. The first kappa shape index (κ1) is 12.3. The number of halogens is 2. The van der Waals surface area contributed by atoms with Crippen LogP contribution in [0.25, 0.3) is 22.5 Å². The minimum absolute atomic E-state index is 0.187. The summed E-state index contributed by atoms with van der Waals surface area (Å²) >= 11 is 0. The number of anilines is 1. The van der Waals surface area contributed by atoms with E-state index in [1.165, 1.54) is 24.3 Å². The topological polar surface area (TPSA) is 52.0 Å². The molecule has 0 spiro atoms. The lowest BCUT2D eigenvalue weighted by atomic mass is 10.0. The largest absolute Gasteiger partial charge is 0.381 e. The van der Waals surface area contributed by atoms with Crippen molar-refractivity contribution in [1.82, 2.24) is 5.16 Å². The zero-order valence-electron chi connectivity index (χ0n) is 10.3. The second kappa shape index (κ2) is 4.77. The molecule has 1 heterocycles. The van der Waals surface area contributed by atoms with Gasteiger partial charge >= 0.3 is 0 Å². The summed E-state index contributed by atoms with van der Waals surface area (Å²) in [6.07, 6.45) is 0. The van der Waals surface area contributed by atoms with Gasteiger partial charge in [0, 0.05) is 6.07 Å². The molecule has 0 saturated heterocycles. The van der Waals surface area contributed by atoms with Gasteiger partial charge < -0.3 is 10.3 Å². The van der Waals surface area contributed by atoms with Crippen molar-refractivity contribution in [3.05, 3.63) is 60.2 Å². The standard InChI is InChI=1S/C15H10F2N2O/c16-11-4-1-9(2-5-11)10-3-6-13(17)12(7-10)14-8-15(18)19-20-14/h1-8H,(H2,18,19). The van der Waals surface area contributed by atoms with Crippen LogP contribution in [-0.4, -0.2) is 5.16 Å². The van der Waals surface area contributed by atoms with Gasteiger partial charge in [-0.3, -0.25) is 0 Å². The lowest BCUT2D eigenvalue weighted by Gasteiger charge is -2.05. The lowest BCUT2D eigenvalue weighted by Crippen LogP contribution is -1.86. The summed E-state index contributed by atoms with van der Waals surface area (Å²) in [6, 6.07) is 12.0. The molecule has 0 aliphatic carbocycles. The Kier molecular flexibility index (Phi) is 2.95. The van der Waals surface area contributed by atoms with Crippen LogP contribution in [-0.2, 0) is 0 Å². The predicted molar refractivity (Wildman–Crippen MR) is 71.7 cm³/mol. The molecule has 2 N–H and O–H groups in total. The minimum Gasteiger partial charge on any atom is -0.381 e. The normalized spacial score (nSPS) is 10.7. The molecule has 0 amide bonds. The second-order valence-corrected chi connectivity index (χ2v) is 4.32. The Hall–Kier alpha value is -2.69. The van der Waals surface area contributed by atoms with Crippen molar-refractivity contribution in [1.29, 1.82) is 0 Å². The van der Waals surface area contributed by atoms with Crippen molar-refractivity contribution in [2.75, 3.05) is 5.73 Å². The molecule has 0 saturated carbocycles. The molecule has 3 aromatic rings. The maximum absolute atomic E-state index is 13.9. The first-order chi connectivity index (χ1) is 9.63. The molecule has 0 atom stereocenters. The monoisotopic (exact) mass is 272 g/mol. The highest BCUT2D eigenvalue weighted by Crippen LogP contribution is 2.29. The van der Waals surface area contributed by atoms with Crippen LogP contribution in [0, 0.1) is 11.6 Å². The van der Waals surface area contributed by atoms with Gasteiger partial charge in [0.1, 0.15) is 11.6 Å². The minimum atomic E-state index is -0.438. The van der Waals surface area contributed by atoms with E-state index in [1.54, 1.807) is 24.3 Å². The summed E-state index contributed by atoms with van der Waals surface area (Å²) in [5.41, 5.74) is 7.25. The Bertz CT molecular complexity index is 751. The molecule has 2 aromatic carbocycles. The number of rotatable bonds is 2. The van der Waals surface area contributed by atoms with Crippen LogP contribution >= 0.6 is 0 Å². The number of hydrogen-bond donors (Lipinski definition) is 1. The van der Waals surface area contributed by atoms with Gasteiger partial charge in [0.25, 0.3) is 0 Å². The molecule has 0 unspecified atom stereocenters. The highest BCUT2D eigenvalue weighted by Gasteiger charge is 2.12. The van der Waals surface area contributed by atoms with Crippen molar-refractivity contribution in [3.63, 3.8) is 0 Å². The molecule has 20 heavy (non-hydrogen) atoms. The Morgan fingerprint density at radius 2 is 1.60 bits per heavy atom. The van der Waals surface area contributed by atoms with Gasteiger partial charge in [-0.1, -0.05) is 23.4 Å². The molecule has 3 nitrogen and oxygen atoms in total. The highest BCUT2D eigenvalue weighted by molar-refractivity contribution is 5.71. The SMILES string of the molecule is Nc1cc(-c2cc(-c3ccc(F)cc3)ccc2F)on1. The molecular weight excluding hydrogens is 262 g/mol. The first-order valence-electron chi connectivity index (χ1n) is 5.91. The van der Waals surface area contributed by atoms with E-state index in [-0.39, 0.29) is 23.0 Å². The van der Waals surface area contributed by atoms with Crippen LogP contribution in [0.15, 0.2) is 53.1 Å². The number of nitrogens with two attached hydrogens (primary N) is 1. The van der Waals surface area contributed by atoms with Crippen LogP contribution < -0.4 is 5.73 Å². The quantitative estimate of drug-likeness (QED) is 0.770. The second-order valence-electron chi connectivity index (χ2n) is 4.32. The van der Waals surface area contributed by atoms with Gasteiger partial charge in [-0.25, -0.2) is 8.78 Å². The summed E-state index contributed by atoms with van der Waals surface area (Å²) in [6.45, 7) is 0. The van der Waals surface area contributed by atoms with E-state index in [0.29, 0.717) is 0 Å². The van der Waals surface area contributed by atoms with Crippen molar-refractivity contribution in [2.24, 2.45) is 0 Å². The number of benzene rings is 2. The number of hydrogen-bond acceptors (Lipinski definition) is 3. The fourth-order valence-electron chi connectivity index (χ4n) is 1.95. The van der Waals surface area contributed by atoms with Crippen LogP contribution in [0.3, 0.4) is 0 Å². The summed E-state index contributed by atoms with van der Waals surface area (Å²) in [7, 11) is 0. The van der Waals surface area contributed by atoms with Gasteiger partial charge in [-0.2, -0.15) is 0 Å². The van der Waals surface area contributed by atoms with Crippen LogP contribution in [0.4, 0.5) is 14.6 Å². The third-order valence-electron chi connectivity index (χ3n) is 2.94. The Morgan fingerprint density at radius 1 is 0.900 bits per heavy atom. The Balaban J connectivity index is 2.08. The van der Waals surface area contributed by atoms with E-state index < -0.39 is 5.82 Å². The van der Waals surface area contributed by atoms with E-state index in [9.17, 15) is 8.78 Å². The summed E-state index contributed by atoms with van der Waals surface area (Å²) in [4.78, 5) is 0. The maximum Gasteiger partial charge on any atom is 0.172 e. The average molecular weight is 272 g/mol. The zero-order chi connectivity index (χ0) is 14.1. The zero-order valence-corrected chi connectivity index (χ0v) is 10.3. The number of aromatic nitrogens is 1. The molecule has 0 aliphatic heterocycles. The number of nitrogen functional groups attached to an aromatic ring is 1. The summed E-state index contributed by atoms with van der Waals surface area (Å²) in [5.74, 6) is -0.318. The van der Waals surface area contributed by atoms with Gasteiger partial charge in [0.15, 0.2) is 11.6 Å². The third-order valence-corrected chi connectivity index (χ3v) is 2.94. The molecule has 1 aromatic heterocycles. The maximum atomic E-state index is 13.9. The van der Waals surface area contributed by atoms with Gasteiger partial charge in [-0.05, 0) is 35.4 Å². The van der Waals surface area contributed by atoms with Gasteiger partial charge in [0.05, 0.1) is 5.56 Å². The molecule has 5 heteroatoms. The van der Waals surface area contributed by atoms with E-state index in [2.05, 4.69) is 5.16 Å². The molecule has 100 valence electrons. The van der Waals surface area contributed by atoms with E-state index >= 15 is 0 Å². The van der Waals surface area contributed by atoms with Gasteiger partial charge in [0.2, 0.25) is 0 Å². The van der Waals surface area contributed by atoms with Gasteiger partial charge in [-0.15, -0.1) is 0 Å². The fraction of sp³-hybridized carbons (Fsp3) is 0. The number of nitrogens with zero attached hydrogens (tertiary/aromatic N) is 1. The lowest BCUT2D eigenvalue weighted by molar-refractivity contribution is 0.433. The van der Waals surface area contributed by atoms with Crippen molar-refractivity contribution in [2.45, 2.75) is 0 Å². The summed E-state index contributed by atoms with van der Waals surface area (Å²) < 4.78 is 31.7. The average Bonchev–Trinajstić information content (AvgIpc) is 2.87. The highest BCUT2D eigenvalue weighted by atomic mass is 19.1.